The third-order valence-corrected chi connectivity index (χ3v) is 10.1. The molecule has 0 saturated heterocycles. The topological polar surface area (TPSA) is 55.8 Å². The highest BCUT2D eigenvalue weighted by Crippen LogP contribution is 2.55. The van der Waals surface area contributed by atoms with Crippen molar-refractivity contribution >= 4 is 31.9 Å². The van der Waals surface area contributed by atoms with E-state index in [9.17, 15) is 8.42 Å². The van der Waals surface area contributed by atoms with Crippen molar-refractivity contribution in [2.75, 3.05) is 19.1 Å². The van der Waals surface area contributed by atoms with E-state index in [1.807, 2.05) is 50.4 Å². The van der Waals surface area contributed by atoms with Gasteiger partial charge in [0, 0.05) is 36.2 Å². The summed E-state index contributed by atoms with van der Waals surface area (Å²) < 4.78 is 40.7. The minimum atomic E-state index is -3.84. The number of sulfone groups is 1. The van der Waals surface area contributed by atoms with Crippen LogP contribution in [0.5, 0.6) is 11.5 Å². The average molecular weight is 542 g/mol. The Labute approximate surface area is 231 Å². The lowest BCUT2D eigenvalue weighted by Crippen LogP contribution is -2.58. The van der Waals surface area contributed by atoms with Crippen LogP contribution < -0.4 is 14.4 Å². The van der Waals surface area contributed by atoms with Crippen LogP contribution in [0, 0.1) is 0 Å². The molecule has 1 aliphatic rings. The van der Waals surface area contributed by atoms with Gasteiger partial charge in [-0.15, -0.1) is 0 Å². The standard InChI is InChI=1S/C33H35NO4S/c1-8-33(32(4,5)27-20-23(37-7)18-19-28(27)34(33)6)38-29-21-30(39(35,36)24-14-10-9-11-15-24)25-16-12-13-17-26(25)31(29)22(2)3/h9-21H,2,8H2,1,3-7H3. The number of ether oxygens (including phenoxy) is 2. The van der Waals surface area contributed by atoms with Crippen molar-refractivity contribution in [2.45, 2.75) is 55.0 Å². The summed E-state index contributed by atoms with van der Waals surface area (Å²) in [6, 6.07) is 23.9. The molecule has 0 bridgehead atoms. The van der Waals surface area contributed by atoms with Crippen molar-refractivity contribution in [3.05, 3.63) is 96.6 Å². The van der Waals surface area contributed by atoms with Crippen molar-refractivity contribution in [3.63, 3.8) is 0 Å². The van der Waals surface area contributed by atoms with E-state index in [1.165, 1.54) is 0 Å². The summed E-state index contributed by atoms with van der Waals surface area (Å²) in [5.41, 5.74) is 2.51. The number of rotatable bonds is 7. The van der Waals surface area contributed by atoms with Gasteiger partial charge < -0.3 is 14.4 Å². The molecule has 0 N–H and O–H groups in total. The fourth-order valence-electron chi connectivity index (χ4n) is 6.18. The molecule has 1 unspecified atom stereocenters. The molecular formula is C33H35NO4S. The SMILES string of the molecule is C=C(C)c1c(OC2(CC)N(C)c3ccc(OC)cc3C2(C)C)cc(S(=O)(=O)c2ccccc2)c2ccccc12. The van der Waals surface area contributed by atoms with Gasteiger partial charge in [-0.1, -0.05) is 56.0 Å². The molecule has 1 aliphatic heterocycles. The predicted octanol–water partition coefficient (Wildman–Crippen LogP) is 7.63. The second-order valence-corrected chi connectivity index (χ2v) is 12.6. The molecule has 1 heterocycles. The van der Waals surface area contributed by atoms with Gasteiger partial charge >= 0.3 is 0 Å². The molecule has 6 heteroatoms. The molecule has 0 radical (unpaired) electrons. The lowest BCUT2D eigenvalue weighted by Gasteiger charge is -2.46. The zero-order valence-electron chi connectivity index (χ0n) is 23.4. The van der Waals surface area contributed by atoms with Gasteiger partial charge in [0.25, 0.3) is 0 Å². The molecule has 39 heavy (non-hydrogen) atoms. The van der Waals surface area contributed by atoms with Crippen molar-refractivity contribution in [2.24, 2.45) is 0 Å². The van der Waals surface area contributed by atoms with Gasteiger partial charge in [-0.05, 0) is 67.6 Å². The normalized spacial score (nSPS) is 18.2. The third kappa shape index (κ3) is 3.92. The molecule has 4 aromatic carbocycles. The quantitative estimate of drug-likeness (QED) is 0.241. The van der Waals surface area contributed by atoms with E-state index in [0.29, 0.717) is 17.6 Å². The summed E-state index contributed by atoms with van der Waals surface area (Å²) in [7, 11) is -0.134. The van der Waals surface area contributed by atoms with Crippen LogP contribution in [0.15, 0.2) is 95.2 Å². The molecule has 1 atom stereocenters. The van der Waals surface area contributed by atoms with Crippen LogP contribution in [0.25, 0.3) is 16.3 Å². The zero-order chi connectivity index (χ0) is 28.2. The Balaban J connectivity index is 1.78. The van der Waals surface area contributed by atoms with Crippen molar-refractivity contribution in [1.29, 1.82) is 0 Å². The van der Waals surface area contributed by atoms with Gasteiger partial charge in [0.1, 0.15) is 11.5 Å². The first-order valence-corrected chi connectivity index (χ1v) is 14.6. The first-order valence-electron chi connectivity index (χ1n) is 13.1. The monoisotopic (exact) mass is 541 g/mol. The van der Waals surface area contributed by atoms with Gasteiger partial charge in [0.2, 0.25) is 9.84 Å². The Morgan fingerprint density at radius 3 is 2.21 bits per heavy atom. The highest BCUT2D eigenvalue weighted by atomic mass is 32.2. The van der Waals surface area contributed by atoms with E-state index in [-0.39, 0.29) is 9.79 Å². The summed E-state index contributed by atoms with van der Waals surface area (Å²) in [5.74, 6) is 1.28. The Morgan fingerprint density at radius 1 is 0.949 bits per heavy atom. The van der Waals surface area contributed by atoms with Crippen LogP contribution in [0.4, 0.5) is 5.69 Å². The van der Waals surface area contributed by atoms with E-state index in [0.717, 1.165) is 33.5 Å². The van der Waals surface area contributed by atoms with E-state index < -0.39 is 21.0 Å². The summed E-state index contributed by atoms with van der Waals surface area (Å²) in [6.45, 7) is 12.6. The minimum Gasteiger partial charge on any atom is -0.497 e. The second-order valence-electron chi connectivity index (χ2n) is 10.7. The Morgan fingerprint density at radius 2 is 1.59 bits per heavy atom. The largest absolute Gasteiger partial charge is 0.497 e. The number of anilines is 1. The van der Waals surface area contributed by atoms with E-state index in [1.54, 1.807) is 37.4 Å². The molecule has 0 fully saturated rings. The minimum absolute atomic E-state index is 0.216. The van der Waals surface area contributed by atoms with Crippen molar-refractivity contribution in [3.8, 4) is 11.5 Å². The molecule has 0 saturated carbocycles. The lowest BCUT2D eigenvalue weighted by molar-refractivity contribution is 0.00903. The van der Waals surface area contributed by atoms with Crippen LogP contribution in [0.2, 0.25) is 0 Å². The first kappa shape index (κ1) is 26.8. The van der Waals surface area contributed by atoms with Crippen LogP contribution >= 0.6 is 0 Å². The van der Waals surface area contributed by atoms with Crippen LogP contribution in [-0.2, 0) is 15.3 Å². The highest BCUT2D eigenvalue weighted by Gasteiger charge is 2.57. The van der Waals surface area contributed by atoms with E-state index >= 15 is 0 Å². The maximum Gasteiger partial charge on any atom is 0.207 e. The number of methoxy groups -OCH3 is 1. The van der Waals surface area contributed by atoms with Gasteiger partial charge in [-0.3, -0.25) is 0 Å². The molecule has 5 rings (SSSR count). The molecular weight excluding hydrogens is 506 g/mol. The van der Waals surface area contributed by atoms with Gasteiger partial charge in [-0.2, -0.15) is 0 Å². The molecule has 0 amide bonds. The Bertz CT molecular complexity index is 1690. The van der Waals surface area contributed by atoms with Crippen LogP contribution in [0.3, 0.4) is 0 Å². The average Bonchev–Trinajstić information content (AvgIpc) is 3.10. The van der Waals surface area contributed by atoms with Crippen molar-refractivity contribution < 1.29 is 17.9 Å². The number of fused-ring (bicyclic) bond motifs is 2. The maximum atomic E-state index is 14.0. The summed E-state index contributed by atoms with van der Waals surface area (Å²) >= 11 is 0. The molecule has 5 nitrogen and oxygen atoms in total. The maximum absolute atomic E-state index is 14.0. The fourth-order valence-corrected chi connectivity index (χ4v) is 7.68. The van der Waals surface area contributed by atoms with E-state index in [4.69, 9.17) is 9.47 Å². The van der Waals surface area contributed by atoms with Crippen LogP contribution in [0.1, 0.15) is 45.2 Å². The molecule has 0 spiro atoms. The molecule has 202 valence electrons. The van der Waals surface area contributed by atoms with Gasteiger partial charge in [0.15, 0.2) is 5.72 Å². The number of hydrogen-bond donors (Lipinski definition) is 0. The molecule has 0 aliphatic carbocycles. The smallest absolute Gasteiger partial charge is 0.207 e. The third-order valence-electron chi connectivity index (χ3n) is 8.26. The number of benzene rings is 4. The summed E-state index contributed by atoms with van der Waals surface area (Å²) in [5, 5.41) is 1.44. The first-order chi connectivity index (χ1) is 18.5. The summed E-state index contributed by atoms with van der Waals surface area (Å²) in [4.78, 5) is 2.63. The number of allylic oxidation sites excluding steroid dienone is 1. The predicted molar refractivity (Wildman–Crippen MR) is 159 cm³/mol. The van der Waals surface area contributed by atoms with Crippen LogP contribution in [-0.4, -0.2) is 28.3 Å². The number of nitrogens with zero attached hydrogens (tertiary/aromatic N) is 1. The Kier molecular flexibility index (Phi) is 6.50. The van der Waals surface area contributed by atoms with Crippen molar-refractivity contribution in [1.82, 2.24) is 0 Å². The summed E-state index contributed by atoms with van der Waals surface area (Å²) in [6.07, 6.45) is 0.650. The van der Waals surface area contributed by atoms with Gasteiger partial charge in [-0.25, -0.2) is 8.42 Å². The second kappa shape index (κ2) is 9.45. The zero-order valence-corrected chi connectivity index (χ0v) is 24.2. The molecule has 4 aromatic rings. The fraction of sp³-hybridized carbons (Fsp3) is 0.273. The molecule has 0 aromatic heterocycles. The highest BCUT2D eigenvalue weighted by molar-refractivity contribution is 7.91. The number of hydrogen-bond acceptors (Lipinski definition) is 5. The number of likely N-dealkylation sites (N-methyl/N-ethyl adjacent to an activating group) is 1. The lowest BCUT2D eigenvalue weighted by atomic mass is 9.76. The Hall–Kier alpha value is -3.77. The van der Waals surface area contributed by atoms with Gasteiger partial charge in [0.05, 0.1) is 22.3 Å². The van der Waals surface area contributed by atoms with E-state index in [2.05, 4.69) is 44.4 Å².